The number of amides is 1. The molecule has 0 saturated carbocycles. The van der Waals surface area contributed by atoms with Crippen LogP contribution in [-0.2, 0) is 20.9 Å². The first-order valence-corrected chi connectivity index (χ1v) is 5.72. The van der Waals surface area contributed by atoms with Crippen molar-refractivity contribution in [3.63, 3.8) is 0 Å². The summed E-state index contributed by atoms with van der Waals surface area (Å²) >= 11 is 0. The highest BCUT2D eigenvalue weighted by atomic mass is 16.6. The second kappa shape index (κ2) is 5.08. The molecule has 0 aromatic heterocycles. The van der Waals surface area contributed by atoms with Gasteiger partial charge in [0, 0.05) is 0 Å². The highest BCUT2D eigenvalue weighted by Gasteiger charge is 2.54. The maximum Gasteiger partial charge on any atom is 0.411 e. The second-order valence-corrected chi connectivity index (χ2v) is 4.16. The highest BCUT2D eigenvalue weighted by Crippen LogP contribution is 2.29. The van der Waals surface area contributed by atoms with Gasteiger partial charge in [0.2, 0.25) is 0 Å². The number of ether oxygens (including phenoxy) is 2. The van der Waals surface area contributed by atoms with E-state index in [9.17, 15) is 9.59 Å². The van der Waals surface area contributed by atoms with E-state index in [2.05, 4.69) is 4.74 Å². The van der Waals surface area contributed by atoms with Gasteiger partial charge in [-0.25, -0.2) is 9.59 Å². The van der Waals surface area contributed by atoms with Crippen LogP contribution >= 0.6 is 0 Å². The van der Waals surface area contributed by atoms with Crippen molar-refractivity contribution in [3.8, 4) is 0 Å². The van der Waals surface area contributed by atoms with Crippen LogP contribution in [0.4, 0.5) is 4.79 Å². The van der Waals surface area contributed by atoms with Crippen molar-refractivity contribution in [1.82, 2.24) is 4.90 Å². The summed E-state index contributed by atoms with van der Waals surface area (Å²) in [5, 5.41) is 0. The zero-order valence-electron chi connectivity index (χ0n) is 10.3. The van der Waals surface area contributed by atoms with Gasteiger partial charge in [0.25, 0.3) is 0 Å². The molecule has 18 heavy (non-hydrogen) atoms. The molecule has 5 heteroatoms. The molecule has 1 fully saturated rings. The predicted octanol–water partition coefficient (Wildman–Crippen LogP) is 1.57. The lowest BCUT2D eigenvalue weighted by Crippen LogP contribution is -2.20. The van der Waals surface area contributed by atoms with Gasteiger partial charge in [0.05, 0.1) is 13.2 Å². The van der Waals surface area contributed by atoms with Crippen LogP contribution in [0.25, 0.3) is 0 Å². The lowest BCUT2D eigenvalue weighted by molar-refractivity contribution is -0.140. The van der Waals surface area contributed by atoms with Gasteiger partial charge in [-0.2, -0.15) is 0 Å². The van der Waals surface area contributed by atoms with E-state index in [1.165, 1.54) is 12.0 Å². The summed E-state index contributed by atoms with van der Waals surface area (Å²) in [4.78, 5) is 24.4. The van der Waals surface area contributed by atoms with E-state index in [1.807, 2.05) is 30.3 Å². The molecular formula is C13H15NO4. The summed E-state index contributed by atoms with van der Waals surface area (Å²) in [5.41, 5.74) is 0.912. The molecule has 1 aliphatic rings. The van der Waals surface area contributed by atoms with Gasteiger partial charge in [-0.15, -0.1) is 0 Å². The monoisotopic (exact) mass is 249 g/mol. The normalized spacial score (nSPS) is 21.3. The third-order valence-corrected chi connectivity index (χ3v) is 2.96. The molecule has 5 nitrogen and oxygen atoms in total. The molecule has 0 spiro atoms. The molecular weight excluding hydrogens is 234 g/mol. The third kappa shape index (κ3) is 2.45. The standard InChI is InChI=1S/C13H15NO4/c1-9-11(12(15)17-2)14(9)13(16)18-8-10-6-4-3-5-7-10/h3-7,9,11H,8H2,1-2H3/t9-,11+,14?/m1/s1. The van der Waals surface area contributed by atoms with Crippen LogP contribution in [0.5, 0.6) is 0 Å². The topological polar surface area (TPSA) is 55.6 Å². The molecule has 0 unspecified atom stereocenters. The fraction of sp³-hybridized carbons (Fsp3) is 0.385. The molecule has 1 aliphatic heterocycles. The number of methoxy groups -OCH3 is 1. The summed E-state index contributed by atoms with van der Waals surface area (Å²) < 4.78 is 9.73. The number of hydrogen-bond acceptors (Lipinski definition) is 4. The first-order valence-electron chi connectivity index (χ1n) is 5.72. The summed E-state index contributed by atoms with van der Waals surface area (Å²) in [6.07, 6.45) is -0.484. The molecule has 0 bridgehead atoms. The fourth-order valence-electron chi connectivity index (χ4n) is 1.85. The number of carbonyl (C=O) groups excluding carboxylic acids is 2. The molecule has 1 aromatic carbocycles. The van der Waals surface area contributed by atoms with Gasteiger partial charge in [-0.1, -0.05) is 30.3 Å². The Labute approximate surface area is 105 Å². The van der Waals surface area contributed by atoms with Crippen molar-refractivity contribution in [3.05, 3.63) is 35.9 Å². The smallest absolute Gasteiger partial charge is 0.411 e. The van der Waals surface area contributed by atoms with Gasteiger partial charge in [0.1, 0.15) is 6.61 Å². The quantitative estimate of drug-likeness (QED) is 0.602. The first-order chi connectivity index (χ1) is 8.65. The van der Waals surface area contributed by atoms with Gasteiger partial charge in [-0.05, 0) is 12.5 Å². The van der Waals surface area contributed by atoms with E-state index in [0.717, 1.165) is 5.56 Å². The van der Waals surface area contributed by atoms with Crippen LogP contribution < -0.4 is 0 Å². The summed E-state index contributed by atoms with van der Waals surface area (Å²) in [7, 11) is 1.31. The van der Waals surface area contributed by atoms with E-state index in [-0.39, 0.29) is 12.6 Å². The minimum absolute atomic E-state index is 0.152. The maximum atomic E-state index is 11.7. The number of rotatable bonds is 3. The average Bonchev–Trinajstić information content (AvgIpc) is 3.08. The van der Waals surface area contributed by atoms with E-state index >= 15 is 0 Å². The predicted molar refractivity (Wildman–Crippen MR) is 63.7 cm³/mol. The average molecular weight is 249 g/mol. The minimum atomic E-state index is -0.502. The Bertz CT molecular complexity index is 446. The van der Waals surface area contributed by atoms with Crippen molar-refractivity contribution in [1.29, 1.82) is 0 Å². The summed E-state index contributed by atoms with van der Waals surface area (Å²) in [5.74, 6) is -0.404. The Kier molecular flexibility index (Phi) is 3.50. The second-order valence-electron chi connectivity index (χ2n) is 4.16. The van der Waals surface area contributed by atoms with Crippen molar-refractivity contribution in [2.45, 2.75) is 25.6 Å². The van der Waals surface area contributed by atoms with E-state index in [0.29, 0.717) is 0 Å². The van der Waals surface area contributed by atoms with Crippen LogP contribution in [0.15, 0.2) is 30.3 Å². The Balaban J connectivity index is 1.85. The van der Waals surface area contributed by atoms with Crippen molar-refractivity contribution in [2.75, 3.05) is 7.11 Å². The molecule has 2 rings (SSSR count). The molecule has 1 amide bonds. The fourth-order valence-corrected chi connectivity index (χ4v) is 1.85. The Morgan fingerprint density at radius 1 is 1.28 bits per heavy atom. The SMILES string of the molecule is COC(=O)[C@@H]1[C@@H](C)N1C(=O)OCc1ccccc1. The number of esters is 1. The maximum absolute atomic E-state index is 11.7. The molecule has 1 heterocycles. The van der Waals surface area contributed by atoms with Gasteiger partial charge < -0.3 is 9.47 Å². The Hall–Kier alpha value is -2.04. The van der Waals surface area contributed by atoms with Crippen molar-refractivity contribution < 1.29 is 19.1 Å². The minimum Gasteiger partial charge on any atom is -0.467 e. The third-order valence-electron chi connectivity index (χ3n) is 2.96. The van der Waals surface area contributed by atoms with E-state index in [1.54, 1.807) is 6.92 Å². The molecule has 0 radical (unpaired) electrons. The van der Waals surface area contributed by atoms with Crippen LogP contribution in [-0.4, -0.2) is 36.2 Å². The number of carbonyl (C=O) groups is 2. The van der Waals surface area contributed by atoms with Gasteiger partial charge in [0.15, 0.2) is 6.04 Å². The molecule has 0 N–H and O–H groups in total. The van der Waals surface area contributed by atoms with Crippen LogP contribution in [0.1, 0.15) is 12.5 Å². The lowest BCUT2D eigenvalue weighted by atomic mass is 10.2. The van der Waals surface area contributed by atoms with Crippen LogP contribution in [0, 0.1) is 0 Å². The Morgan fingerprint density at radius 2 is 1.94 bits per heavy atom. The van der Waals surface area contributed by atoms with E-state index in [4.69, 9.17) is 4.74 Å². The molecule has 1 saturated heterocycles. The molecule has 96 valence electrons. The largest absolute Gasteiger partial charge is 0.467 e. The van der Waals surface area contributed by atoms with Crippen LogP contribution in [0.3, 0.4) is 0 Å². The van der Waals surface area contributed by atoms with Crippen molar-refractivity contribution in [2.24, 2.45) is 0 Å². The number of hydrogen-bond donors (Lipinski definition) is 0. The summed E-state index contributed by atoms with van der Waals surface area (Å²) in [6.45, 7) is 1.99. The number of nitrogens with zero attached hydrogens (tertiary/aromatic N) is 1. The molecule has 2 atom stereocenters. The van der Waals surface area contributed by atoms with Crippen LogP contribution in [0.2, 0.25) is 0 Å². The summed E-state index contributed by atoms with van der Waals surface area (Å²) in [6, 6.07) is 8.73. The zero-order chi connectivity index (χ0) is 13.1. The van der Waals surface area contributed by atoms with Gasteiger partial charge in [-0.3, -0.25) is 4.90 Å². The highest BCUT2D eigenvalue weighted by molar-refractivity contribution is 5.88. The Morgan fingerprint density at radius 3 is 2.56 bits per heavy atom. The van der Waals surface area contributed by atoms with E-state index < -0.39 is 18.1 Å². The first kappa shape index (κ1) is 12.4. The lowest BCUT2D eigenvalue weighted by Gasteiger charge is -2.06. The van der Waals surface area contributed by atoms with Crippen molar-refractivity contribution >= 4 is 12.1 Å². The molecule has 1 aromatic rings. The van der Waals surface area contributed by atoms with Gasteiger partial charge >= 0.3 is 12.1 Å². The molecule has 0 aliphatic carbocycles. The number of benzene rings is 1. The zero-order valence-corrected chi connectivity index (χ0v) is 10.3.